The molecule has 0 spiro atoms. The fourth-order valence-corrected chi connectivity index (χ4v) is 1.38. The van der Waals surface area contributed by atoms with Gasteiger partial charge in [0.05, 0.1) is 5.56 Å². The van der Waals surface area contributed by atoms with E-state index in [1.54, 1.807) is 25.3 Å². The molecule has 1 aromatic carbocycles. The maximum Gasteiger partial charge on any atom is 0.140 e. The summed E-state index contributed by atoms with van der Waals surface area (Å²) in [6.45, 7) is 3.64. The number of nitrogens with one attached hydrogen (secondary N) is 1. The van der Waals surface area contributed by atoms with Crippen molar-refractivity contribution in [2.45, 2.75) is 13.8 Å². The molecule has 14 heavy (non-hydrogen) atoms. The van der Waals surface area contributed by atoms with Crippen molar-refractivity contribution in [1.29, 1.82) is 0 Å². The molecule has 0 aliphatic carbocycles. The average Bonchev–Trinajstić information content (AvgIpc) is 2.57. The fourth-order valence-electron chi connectivity index (χ4n) is 1.38. The highest BCUT2D eigenvalue weighted by atomic mass is 19.1. The van der Waals surface area contributed by atoms with E-state index in [0.29, 0.717) is 17.0 Å². The van der Waals surface area contributed by atoms with Gasteiger partial charge in [-0.25, -0.2) is 9.37 Å². The Labute approximate surface area is 83.3 Å². The molecule has 1 aromatic heterocycles. The molecule has 0 amide bonds. The predicted molar refractivity (Wildman–Crippen MR) is 55.6 cm³/mol. The lowest BCUT2D eigenvalue weighted by Gasteiger charge is -2.01. The van der Waals surface area contributed by atoms with Crippen LogP contribution in [0.1, 0.15) is 12.7 Å². The molecule has 3 heteroatoms. The first kappa shape index (κ1) is 8.94. The lowest BCUT2D eigenvalue weighted by atomic mass is 10.1. The first-order valence-electron chi connectivity index (χ1n) is 4.45. The molecule has 0 atom stereocenters. The molecule has 2 aromatic rings. The molecule has 1 heterocycles. The number of imidazole rings is 1. The van der Waals surface area contributed by atoms with Crippen LogP contribution in [0.2, 0.25) is 0 Å². The molecule has 0 aliphatic rings. The van der Waals surface area contributed by atoms with E-state index in [1.165, 1.54) is 0 Å². The van der Waals surface area contributed by atoms with Crippen molar-refractivity contribution in [2.24, 2.45) is 0 Å². The third-order valence-corrected chi connectivity index (χ3v) is 2.15. The summed E-state index contributed by atoms with van der Waals surface area (Å²) in [6, 6.07) is 5.29. The molecule has 0 bridgehead atoms. The molecule has 2 nitrogen and oxygen atoms in total. The van der Waals surface area contributed by atoms with Crippen LogP contribution in [-0.2, 0) is 0 Å². The molecule has 1 N–H and O–H groups in total. The van der Waals surface area contributed by atoms with Gasteiger partial charge in [-0.2, -0.15) is 0 Å². The maximum atomic E-state index is 13.6. The number of benzene rings is 1. The van der Waals surface area contributed by atoms with Crippen LogP contribution in [0.5, 0.6) is 0 Å². The second-order valence-corrected chi connectivity index (χ2v) is 3.35. The van der Waals surface area contributed by atoms with Gasteiger partial charge in [-0.1, -0.05) is 12.1 Å². The van der Waals surface area contributed by atoms with Gasteiger partial charge in [0.15, 0.2) is 0 Å². The van der Waals surface area contributed by atoms with Gasteiger partial charge in [0.1, 0.15) is 11.6 Å². The summed E-state index contributed by atoms with van der Waals surface area (Å²) < 4.78 is 13.6. The van der Waals surface area contributed by atoms with Gasteiger partial charge in [-0.3, -0.25) is 0 Å². The van der Waals surface area contributed by atoms with Crippen LogP contribution >= 0.6 is 0 Å². The molecule has 0 unspecified atom stereocenters. The second-order valence-electron chi connectivity index (χ2n) is 3.35. The summed E-state index contributed by atoms with van der Waals surface area (Å²) in [5.74, 6) is 0.380. The number of aromatic amines is 1. The average molecular weight is 192 g/mol. The van der Waals surface area contributed by atoms with Crippen LogP contribution in [0.15, 0.2) is 24.4 Å². The minimum Gasteiger partial charge on any atom is -0.342 e. The molecular formula is C11H13FN2. The van der Waals surface area contributed by atoms with Gasteiger partial charge in [-0.15, -0.1) is 0 Å². The van der Waals surface area contributed by atoms with E-state index in [4.69, 9.17) is 0 Å². The van der Waals surface area contributed by atoms with Crippen LogP contribution in [-0.4, -0.2) is 9.97 Å². The van der Waals surface area contributed by atoms with Crippen LogP contribution in [0.4, 0.5) is 4.39 Å². The Bertz CT molecular complexity index is 465. The van der Waals surface area contributed by atoms with E-state index in [1.807, 2.05) is 13.0 Å². The number of rotatable bonds is 1. The quantitative estimate of drug-likeness (QED) is 0.739. The van der Waals surface area contributed by atoms with Gasteiger partial charge in [0.2, 0.25) is 0 Å². The fraction of sp³-hybridized carbons (Fsp3) is 0.182. The van der Waals surface area contributed by atoms with E-state index in [2.05, 4.69) is 9.97 Å². The second kappa shape index (κ2) is 3.25. The smallest absolute Gasteiger partial charge is 0.140 e. The molecule has 74 valence electrons. The lowest BCUT2D eigenvalue weighted by Crippen LogP contribution is -1.89. The highest BCUT2D eigenvalue weighted by Crippen LogP contribution is 2.21. The van der Waals surface area contributed by atoms with Gasteiger partial charge in [-0.05, 0) is 25.5 Å². The zero-order chi connectivity index (χ0) is 10.1. The zero-order valence-corrected chi connectivity index (χ0v) is 8.13. The highest BCUT2D eigenvalue weighted by Gasteiger charge is 2.09. The molecule has 0 radical (unpaired) electrons. The first-order valence-corrected chi connectivity index (χ1v) is 4.45. The largest absolute Gasteiger partial charge is 0.342 e. The zero-order valence-electron chi connectivity index (χ0n) is 8.13. The lowest BCUT2D eigenvalue weighted by molar-refractivity contribution is 0.621. The molecular weight excluding hydrogens is 179 g/mol. The number of hydrogen-bond donors (Lipinski definition) is 1. The van der Waals surface area contributed by atoms with Crippen LogP contribution < -0.4 is 0 Å². The number of H-pyrrole nitrogens is 1. The summed E-state index contributed by atoms with van der Waals surface area (Å²) >= 11 is 0. The van der Waals surface area contributed by atoms with Crippen molar-refractivity contribution in [3.05, 3.63) is 41.5 Å². The van der Waals surface area contributed by atoms with Gasteiger partial charge >= 0.3 is 0 Å². The Kier molecular flexibility index (Phi) is 2.08. The molecule has 0 fully saturated rings. The van der Waals surface area contributed by atoms with E-state index in [9.17, 15) is 4.39 Å². The van der Waals surface area contributed by atoms with E-state index < -0.39 is 0 Å². The van der Waals surface area contributed by atoms with Gasteiger partial charge < -0.3 is 4.98 Å². The standard InChI is InChI=1S/C11H11FN2.H2/c1-7-4-3-5-9(10(7)12)11-13-6-8(2)14-11;/h3-6H,1-2H3,(H,13,14);1H. The SMILES string of the molecule is Cc1cnc(-c2cccc(C)c2F)[nH]1.[HH]. The molecule has 0 saturated carbocycles. The monoisotopic (exact) mass is 192 g/mol. The minimum absolute atomic E-state index is 0. The van der Waals surface area contributed by atoms with Crippen molar-refractivity contribution >= 4 is 0 Å². The van der Waals surface area contributed by atoms with Crippen molar-refractivity contribution < 1.29 is 5.82 Å². The van der Waals surface area contributed by atoms with Crippen LogP contribution in [0.25, 0.3) is 11.4 Å². The molecule has 0 aliphatic heterocycles. The number of aromatic nitrogens is 2. The van der Waals surface area contributed by atoms with Crippen LogP contribution in [0.3, 0.4) is 0 Å². The number of halogens is 1. The Balaban J connectivity index is 0.00000112. The normalized spacial score (nSPS) is 10.5. The Morgan fingerprint density at radius 3 is 2.79 bits per heavy atom. The molecule has 2 rings (SSSR count). The number of nitrogens with zero attached hydrogens (tertiary/aromatic N) is 1. The van der Waals surface area contributed by atoms with E-state index >= 15 is 0 Å². The predicted octanol–water partition coefficient (Wildman–Crippen LogP) is 3.08. The van der Waals surface area contributed by atoms with Crippen molar-refractivity contribution in [3.63, 3.8) is 0 Å². The minimum atomic E-state index is -0.207. The third kappa shape index (κ3) is 1.41. The summed E-state index contributed by atoms with van der Waals surface area (Å²) in [5, 5.41) is 0. The Morgan fingerprint density at radius 2 is 2.14 bits per heavy atom. The summed E-state index contributed by atoms with van der Waals surface area (Å²) in [7, 11) is 0. The molecule has 0 saturated heterocycles. The number of aryl methyl sites for hydroxylation is 2. The Morgan fingerprint density at radius 1 is 1.36 bits per heavy atom. The van der Waals surface area contributed by atoms with Crippen LogP contribution in [0, 0.1) is 19.7 Å². The summed E-state index contributed by atoms with van der Waals surface area (Å²) in [5.41, 5.74) is 2.09. The van der Waals surface area contributed by atoms with Crippen molar-refractivity contribution in [1.82, 2.24) is 9.97 Å². The third-order valence-electron chi connectivity index (χ3n) is 2.15. The number of hydrogen-bond acceptors (Lipinski definition) is 1. The van der Waals surface area contributed by atoms with E-state index in [0.717, 1.165) is 5.69 Å². The van der Waals surface area contributed by atoms with Gasteiger partial charge in [0.25, 0.3) is 0 Å². The van der Waals surface area contributed by atoms with Gasteiger partial charge in [0, 0.05) is 13.3 Å². The topological polar surface area (TPSA) is 28.7 Å². The Hall–Kier alpha value is -1.64. The first-order chi connectivity index (χ1) is 6.68. The summed E-state index contributed by atoms with van der Waals surface area (Å²) in [4.78, 5) is 7.10. The van der Waals surface area contributed by atoms with Crippen molar-refractivity contribution in [3.8, 4) is 11.4 Å². The van der Waals surface area contributed by atoms with E-state index in [-0.39, 0.29) is 7.24 Å². The van der Waals surface area contributed by atoms with Crippen molar-refractivity contribution in [2.75, 3.05) is 0 Å². The highest BCUT2D eigenvalue weighted by molar-refractivity contribution is 5.57. The summed E-state index contributed by atoms with van der Waals surface area (Å²) in [6.07, 6.45) is 1.69. The maximum absolute atomic E-state index is 13.6.